The van der Waals surface area contributed by atoms with Crippen molar-refractivity contribution in [1.29, 1.82) is 0 Å². The Morgan fingerprint density at radius 2 is 1.58 bits per heavy atom. The Morgan fingerprint density at radius 3 is 2.16 bits per heavy atom. The van der Waals surface area contributed by atoms with Crippen molar-refractivity contribution in [2.45, 2.75) is 57.9 Å². The minimum Gasteiger partial charge on any atom is -0.336 e. The molecule has 2 fully saturated rings. The van der Waals surface area contributed by atoms with Crippen LogP contribution in [0.1, 0.15) is 62.7 Å². The number of hydrogen-bond donors (Lipinski definition) is 1. The molecule has 0 radical (unpaired) electrons. The summed E-state index contributed by atoms with van der Waals surface area (Å²) in [6, 6.07) is 3.57. The van der Waals surface area contributed by atoms with Gasteiger partial charge >= 0.3 is 0 Å². The van der Waals surface area contributed by atoms with Crippen LogP contribution >= 0.6 is 12.2 Å². The van der Waals surface area contributed by atoms with E-state index >= 15 is 0 Å². The SMILES string of the molecule is CC1(C)C(=O)NC(=S)N1CCCCCCCCN1CCN(C(=O)c2ccncc2)CC1. The number of amides is 2. The van der Waals surface area contributed by atoms with E-state index < -0.39 is 5.54 Å². The number of piperazine rings is 1. The number of pyridine rings is 1. The van der Waals surface area contributed by atoms with Gasteiger partial charge in [0.05, 0.1) is 0 Å². The molecule has 2 aliphatic heterocycles. The second-order valence-electron chi connectivity index (χ2n) is 8.96. The van der Waals surface area contributed by atoms with Crippen LogP contribution in [0.2, 0.25) is 0 Å². The van der Waals surface area contributed by atoms with Crippen LogP contribution in [0.5, 0.6) is 0 Å². The number of unbranched alkanes of at least 4 members (excludes halogenated alkanes) is 5. The summed E-state index contributed by atoms with van der Waals surface area (Å²) in [6.45, 7) is 9.31. The van der Waals surface area contributed by atoms with E-state index in [1.807, 2.05) is 23.6 Å². The van der Waals surface area contributed by atoms with Gasteiger partial charge in [-0.3, -0.25) is 19.5 Å². The highest BCUT2D eigenvalue weighted by atomic mass is 32.1. The first kappa shape index (κ1) is 23.6. The smallest absolute Gasteiger partial charge is 0.254 e. The second kappa shape index (κ2) is 11.0. The summed E-state index contributed by atoms with van der Waals surface area (Å²) in [5, 5.41) is 3.33. The number of carbonyl (C=O) groups is 2. The summed E-state index contributed by atoms with van der Waals surface area (Å²) >= 11 is 5.28. The zero-order valence-corrected chi connectivity index (χ0v) is 19.6. The van der Waals surface area contributed by atoms with Crippen LogP contribution in [0.15, 0.2) is 24.5 Å². The van der Waals surface area contributed by atoms with Crippen molar-refractivity contribution >= 4 is 29.1 Å². The van der Waals surface area contributed by atoms with Crippen LogP contribution in [-0.4, -0.2) is 81.4 Å². The first-order valence-corrected chi connectivity index (χ1v) is 11.8. The lowest BCUT2D eigenvalue weighted by Gasteiger charge is -2.34. The molecule has 3 rings (SSSR count). The minimum atomic E-state index is -0.524. The van der Waals surface area contributed by atoms with Gasteiger partial charge in [0, 0.05) is 50.7 Å². The van der Waals surface area contributed by atoms with Crippen molar-refractivity contribution in [2.24, 2.45) is 0 Å². The second-order valence-corrected chi connectivity index (χ2v) is 9.35. The molecule has 1 N–H and O–H groups in total. The molecule has 170 valence electrons. The molecule has 0 saturated carbocycles. The average molecular weight is 446 g/mol. The van der Waals surface area contributed by atoms with Crippen LogP contribution in [0.25, 0.3) is 0 Å². The van der Waals surface area contributed by atoms with Gasteiger partial charge in [-0.05, 0) is 57.6 Å². The molecule has 8 heteroatoms. The number of aromatic nitrogens is 1. The summed E-state index contributed by atoms with van der Waals surface area (Å²) in [4.78, 5) is 34.8. The van der Waals surface area contributed by atoms with E-state index in [4.69, 9.17) is 12.2 Å². The Hall–Kier alpha value is -2.06. The monoisotopic (exact) mass is 445 g/mol. The molecule has 2 saturated heterocycles. The summed E-state index contributed by atoms with van der Waals surface area (Å²) in [5.74, 6) is 0.111. The Morgan fingerprint density at radius 1 is 1.00 bits per heavy atom. The Kier molecular flexibility index (Phi) is 8.37. The van der Waals surface area contributed by atoms with Gasteiger partial charge in [-0.2, -0.15) is 0 Å². The molecule has 2 amide bonds. The van der Waals surface area contributed by atoms with Crippen LogP contribution in [0.3, 0.4) is 0 Å². The van der Waals surface area contributed by atoms with Crippen molar-refractivity contribution in [3.8, 4) is 0 Å². The maximum absolute atomic E-state index is 12.5. The van der Waals surface area contributed by atoms with Crippen molar-refractivity contribution in [2.75, 3.05) is 39.3 Å². The molecule has 0 aromatic carbocycles. The summed E-state index contributed by atoms with van der Waals surface area (Å²) in [7, 11) is 0. The summed E-state index contributed by atoms with van der Waals surface area (Å²) in [6.07, 6.45) is 10.5. The Labute approximate surface area is 191 Å². The molecule has 0 bridgehead atoms. The fourth-order valence-corrected chi connectivity index (χ4v) is 4.65. The zero-order valence-electron chi connectivity index (χ0n) is 18.8. The van der Waals surface area contributed by atoms with Gasteiger partial charge in [-0.25, -0.2) is 0 Å². The van der Waals surface area contributed by atoms with Gasteiger partial charge in [0.25, 0.3) is 11.8 Å². The first-order valence-electron chi connectivity index (χ1n) is 11.4. The maximum Gasteiger partial charge on any atom is 0.254 e. The van der Waals surface area contributed by atoms with Crippen molar-refractivity contribution in [3.05, 3.63) is 30.1 Å². The highest BCUT2D eigenvalue weighted by Crippen LogP contribution is 2.22. The highest BCUT2D eigenvalue weighted by Gasteiger charge is 2.42. The van der Waals surface area contributed by atoms with Crippen LogP contribution < -0.4 is 5.32 Å². The van der Waals surface area contributed by atoms with Gasteiger partial charge in [0.2, 0.25) is 0 Å². The fourth-order valence-electron chi connectivity index (χ4n) is 4.24. The summed E-state index contributed by atoms with van der Waals surface area (Å²) < 4.78 is 0. The molecule has 1 aromatic heterocycles. The number of hydrogen-bond acceptors (Lipinski definition) is 5. The first-order chi connectivity index (χ1) is 14.9. The molecule has 0 spiro atoms. The third-order valence-electron chi connectivity index (χ3n) is 6.39. The molecule has 1 aromatic rings. The number of nitrogens with zero attached hydrogens (tertiary/aromatic N) is 4. The predicted molar refractivity (Wildman–Crippen MR) is 126 cm³/mol. The zero-order chi connectivity index (χ0) is 22.3. The van der Waals surface area contributed by atoms with Crippen LogP contribution in [0, 0.1) is 0 Å². The highest BCUT2D eigenvalue weighted by molar-refractivity contribution is 7.80. The van der Waals surface area contributed by atoms with E-state index in [1.165, 1.54) is 32.1 Å². The number of thiocarbonyl (C=S) groups is 1. The van der Waals surface area contributed by atoms with E-state index in [-0.39, 0.29) is 11.8 Å². The third kappa shape index (κ3) is 6.23. The van der Waals surface area contributed by atoms with Crippen LogP contribution in [0.4, 0.5) is 0 Å². The molecule has 0 aliphatic carbocycles. The van der Waals surface area contributed by atoms with Crippen LogP contribution in [-0.2, 0) is 4.79 Å². The van der Waals surface area contributed by atoms with Gasteiger partial charge < -0.3 is 15.1 Å². The topological polar surface area (TPSA) is 68.8 Å². The molecule has 0 atom stereocenters. The maximum atomic E-state index is 12.5. The molecular formula is C23H35N5O2S. The summed E-state index contributed by atoms with van der Waals surface area (Å²) in [5.41, 5.74) is 0.200. The average Bonchev–Trinajstić information content (AvgIpc) is 2.97. The fraction of sp³-hybridized carbons (Fsp3) is 0.652. The molecule has 0 unspecified atom stereocenters. The third-order valence-corrected chi connectivity index (χ3v) is 6.71. The lowest BCUT2D eigenvalue weighted by atomic mass is 10.0. The lowest BCUT2D eigenvalue weighted by molar-refractivity contribution is -0.125. The predicted octanol–water partition coefficient (Wildman–Crippen LogP) is 2.68. The number of rotatable bonds is 10. The van der Waals surface area contributed by atoms with Crippen molar-refractivity contribution < 1.29 is 9.59 Å². The number of nitrogens with one attached hydrogen (secondary N) is 1. The van der Waals surface area contributed by atoms with Gasteiger partial charge in [-0.1, -0.05) is 25.7 Å². The van der Waals surface area contributed by atoms with E-state index in [0.717, 1.165) is 51.3 Å². The Balaban J connectivity index is 1.21. The molecule has 31 heavy (non-hydrogen) atoms. The minimum absolute atomic E-state index is 0.0000604. The van der Waals surface area contributed by atoms with E-state index in [1.54, 1.807) is 24.5 Å². The Bertz CT molecular complexity index is 762. The normalized spacial score (nSPS) is 19.0. The largest absolute Gasteiger partial charge is 0.336 e. The van der Waals surface area contributed by atoms with Crippen molar-refractivity contribution in [1.82, 2.24) is 25.0 Å². The van der Waals surface area contributed by atoms with Gasteiger partial charge in [-0.15, -0.1) is 0 Å². The van der Waals surface area contributed by atoms with E-state index in [9.17, 15) is 9.59 Å². The molecular weight excluding hydrogens is 410 g/mol. The standard InChI is InChI=1S/C23H35N5O2S/c1-23(2)21(30)25-22(31)28(23)14-8-6-4-3-5-7-13-26-15-17-27(18-16-26)20(29)19-9-11-24-12-10-19/h9-12H,3-8,13-18H2,1-2H3,(H,25,30,31). The quantitative estimate of drug-likeness (QED) is 0.441. The van der Waals surface area contributed by atoms with Gasteiger partial charge in [0.1, 0.15) is 5.54 Å². The number of carbonyl (C=O) groups excluding carboxylic acids is 2. The van der Waals surface area contributed by atoms with Gasteiger partial charge in [0.15, 0.2) is 5.11 Å². The lowest BCUT2D eigenvalue weighted by Crippen LogP contribution is -2.48. The molecule has 2 aliphatic rings. The van der Waals surface area contributed by atoms with E-state index in [2.05, 4.69) is 15.2 Å². The molecule has 3 heterocycles. The van der Waals surface area contributed by atoms with Crippen molar-refractivity contribution in [3.63, 3.8) is 0 Å². The van der Waals surface area contributed by atoms with E-state index in [0.29, 0.717) is 5.11 Å². The molecule has 7 nitrogen and oxygen atoms in total.